The number of aromatic hydroxyl groups is 1. The van der Waals surface area contributed by atoms with Crippen molar-refractivity contribution in [3.05, 3.63) is 57.0 Å². The van der Waals surface area contributed by atoms with Crippen LogP contribution in [0.1, 0.15) is 5.56 Å². The number of halogens is 2. The molecule has 94 valence electrons. The SMILES string of the molecule is Oc1c(Br)cc(Br)cc1CNNc1ccccc1. The maximum absolute atomic E-state index is 9.88. The topological polar surface area (TPSA) is 44.3 Å². The number of phenolic OH excluding ortho intramolecular Hbond substituents is 1. The van der Waals surface area contributed by atoms with E-state index in [1.807, 2.05) is 42.5 Å². The molecular formula is C13H12Br2N2O. The first kappa shape index (κ1) is 13.4. The number of phenols is 1. The lowest BCUT2D eigenvalue weighted by molar-refractivity contribution is 0.462. The Morgan fingerprint density at radius 1 is 1.06 bits per heavy atom. The van der Waals surface area contributed by atoms with Crippen LogP contribution in [0.4, 0.5) is 5.69 Å². The van der Waals surface area contributed by atoms with Gasteiger partial charge in [0.25, 0.3) is 0 Å². The number of hydrogen-bond donors (Lipinski definition) is 3. The summed E-state index contributed by atoms with van der Waals surface area (Å²) in [5.74, 6) is 0.251. The van der Waals surface area contributed by atoms with Gasteiger partial charge in [0.15, 0.2) is 0 Å². The van der Waals surface area contributed by atoms with Gasteiger partial charge in [-0.1, -0.05) is 34.1 Å². The van der Waals surface area contributed by atoms with Crippen molar-refractivity contribution in [3.63, 3.8) is 0 Å². The molecule has 0 unspecified atom stereocenters. The highest BCUT2D eigenvalue weighted by atomic mass is 79.9. The van der Waals surface area contributed by atoms with Crippen LogP contribution in [0.25, 0.3) is 0 Å². The molecule has 18 heavy (non-hydrogen) atoms. The Bertz CT molecular complexity index is 532. The highest BCUT2D eigenvalue weighted by Gasteiger charge is 2.06. The molecule has 0 amide bonds. The van der Waals surface area contributed by atoms with Crippen molar-refractivity contribution in [2.45, 2.75) is 6.54 Å². The summed E-state index contributed by atoms with van der Waals surface area (Å²) in [6.45, 7) is 0.513. The van der Waals surface area contributed by atoms with Gasteiger partial charge in [0.2, 0.25) is 0 Å². The van der Waals surface area contributed by atoms with Crippen LogP contribution in [-0.2, 0) is 6.54 Å². The van der Waals surface area contributed by atoms with Gasteiger partial charge in [0.1, 0.15) is 5.75 Å². The fourth-order valence-corrected chi connectivity index (χ4v) is 2.83. The molecule has 0 aromatic heterocycles. The minimum atomic E-state index is 0.251. The Hall–Kier alpha value is -1.04. The van der Waals surface area contributed by atoms with Crippen molar-refractivity contribution in [1.29, 1.82) is 0 Å². The molecule has 2 rings (SSSR count). The maximum Gasteiger partial charge on any atom is 0.134 e. The summed E-state index contributed by atoms with van der Waals surface area (Å²) >= 11 is 6.70. The van der Waals surface area contributed by atoms with Crippen molar-refractivity contribution in [1.82, 2.24) is 5.43 Å². The molecule has 0 atom stereocenters. The third kappa shape index (κ3) is 3.48. The van der Waals surface area contributed by atoms with Crippen LogP contribution in [0, 0.1) is 0 Å². The zero-order chi connectivity index (χ0) is 13.0. The largest absolute Gasteiger partial charge is 0.506 e. The molecule has 0 saturated carbocycles. The molecule has 0 bridgehead atoms. The lowest BCUT2D eigenvalue weighted by atomic mass is 10.2. The lowest BCUT2D eigenvalue weighted by Gasteiger charge is -2.11. The predicted octanol–water partition coefficient (Wildman–Crippen LogP) is 4.03. The minimum Gasteiger partial charge on any atom is -0.506 e. The van der Waals surface area contributed by atoms with Crippen LogP contribution >= 0.6 is 31.9 Å². The van der Waals surface area contributed by atoms with Gasteiger partial charge in [-0.15, -0.1) is 0 Å². The van der Waals surface area contributed by atoms with E-state index >= 15 is 0 Å². The number of nitrogens with one attached hydrogen (secondary N) is 2. The van der Waals surface area contributed by atoms with E-state index in [0.29, 0.717) is 11.0 Å². The second-order valence-corrected chi connectivity index (χ2v) is 5.51. The fourth-order valence-electron chi connectivity index (χ4n) is 1.52. The summed E-state index contributed by atoms with van der Waals surface area (Å²) in [7, 11) is 0. The average molecular weight is 372 g/mol. The Morgan fingerprint density at radius 3 is 2.50 bits per heavy atom. The third-order valence-corrected chi connectivity index (χ3v) is 3.45. The van der Waals surface area contributed by atoms with Gasteiger partial charge in [0, 0.05) is 22.3 Å². The van der Waals surface area contributed by atoms with E-state index in [0.717, 1.165) is 15.7 Å². The van der Waals surface area contributed by atoms with Crippen LogP contribution < -0.4 is 10.9 Å². The Morgan fingerprint density at radius 2 is 1.78 bits per heavy atom. The molecule has 0 saturated heterocycles. The predicted molar refractivity (Wildman–Crippen MR) is 80.4 cm³/mol. The number of anilines is 1. The van der Waals surface area contributed by atoms with Crippen LogP contribution in [0.3, 0.4) is 0 Å². The number of hydrazine groups is 1. The van der Waals surface area contributed by atoms with Crippen molar-refractivity contribution in [3.8, 4) is 5.75 Å². The third-order valence-electron chi connectivity index (χ3n) is 2.39. The monoisotopic (exact) mass is 370 g/mol. The molecule has 2 aromatic rings. The van der Waals surface area contributed by atoms with E-state index in [1.165, 1.54) is 0 Å². The Kier molecular flexibility index (Phi) is 4.63. The molecule has 2 aromatic carbocycles. The summed E-state index contributed by atoms with van der Waals surface area (Å²) in [6.07, 6.45) is 0. The minimum absolute atomic E-state index is 0.251. The van der Waals surface area contributed by atoms with Crippen LogP contribution in [0.15, 0.2) is 51.4 Å². The summed E-state index contributed by atoms with van der Waals surface area (Å²) in [6, 6.07) is 13.5. The molecule has 0 aliphatic heterocycles. The van der Waals surface area contributed by atoms with Gasteiger partial charge in [-0.05, 0) is 40.2 Å². The smallest absolute Gasteiger partial charge is 0.134 e. The molecule has 3 nitrogen and oxygen atoms in total. The van der Waals surface area contributed by atoms with Gasteiger partial charge >= 0.3 is 0 Å². The average Bonchev–Trinajstić information content (AvgIpc) is 2.36. The highest BCUT2D eigenvalue weighted by Crippen LogP contribution is 2.31. The first-order valence-electron chi connectivity index (χ1n) is 5.37. The van der Waals surface area contributed by atoms with E-state index in [-0.39, 0.29) is 5.75 Å². The molecule has 5 heteroatoms. The molecular weight excluding hydrogens is 360 g/mol. The van der Waals surface area contributed by atoms with Gasteiger partial charge < -0.3 is 10.5 Å². The molecule has 0 aliphatic rings. The van der Waals surface area contributed by atoms with Crippen LogP contribution in [-0.4, -0.2) is 5.11 Å². The quantitative estimate of drug-likeness (QED) is 0.711. The van der Waals surface area contributed by atoms with Crippen LogP contribution in [0.5, 0.6) is 5.75 Å². The summed E-state index contributed by atoms with van der Waals surface area (Å²) in [4.78, 5) is 0. The number of benzene rings is 2. The summed E-state index contributed by atoms with van der Waals surface area (Å²) < 4.78 is 1.59. The molecule has 0 heterocycles. The summed E-state index contributed by atoms with van der Waals surface area (Å²) in [5.41, 5.74) is 7.91. The molecule has 0 radical (unpaired) electrons. The van der Waals surface area contributed by atoms with E-state index < -0.39 is 0 Å². The number of rotatable bonds is 4. The van der Waals surface area contributed by atoms with Crippen molar-refractivity contribution < 1.29 is 5.11 Å². The van der Waals surface area contributed by atoms with E-state index in [1.54, 1.807) is 0 Å². The molecule has 0 fully saturated rings. The molecule has 0 aliphatic carbocycles. The van der Waals surface area contributed by atoms with Gasteiger partial charge in [0.05, 0.1) is 4.47 Å². The van der Waals surface area contributed by atoms with Gasteiger partial charge in [-0.3, -0.25) is 0 Å². The zero-order valence-corrected chi connectivity index (χ0v) is 12.6. The highest BCUT2D eigenvalue weighted by molar-refractivity contribution is 9.11. The fraction of sp³-hybridized carbons (Fsp3) is 0.0769. The molecule has 0 spiro atoms. The Labute approximate surface area is 122 Å². The zero-order valence-electron chi connectivity index (χ0n) is 9.45. The van der Waals surface area contributed by atoms with Crippen molar-refractivity contribution >= 4 is 37.5 Å². The Balaban J connectivity index is 1.99. The second kappa shape index (κ2) is 6.22. The lowest BCUT2D eigenvalue weighted by Crippen LogP contribution is -2.20. The normalized spacial score (nSPS) is 10.3. The standard InChI is InChI=1S/C13H12Br2N2O/c14-10-6-9(13(18)12(15)7-10)8-16-17-11-4-2-1-3-5-11/h1-7,16-18H,8H2. The van der Waals surface area contributed by atoms with Gasteiger partial charge in [-0.25, -0.2) is 5.43 Å². The number of para-hydroxylation sites is 1. The van der Waals surface area contributed by atoms with Gasteiger partial charge in [-0.2, -0.15) is 0 Å². The maximum atomic E-state index is 9.88. The van der Waals surface area contributed by atoms with E-state index in [9.17, 15) is 5.11 Å². The first-order valence-corrected chi connectivity index (χ1v) is 6.96. The van der Waals surface area contributed by atoms with Crippen LogP contribution in [0.2, 0.25) is 0 Å². The summed E-state index contributed by atoms with van der Waals surface area (Å²) in [5, 5.41) is 9.88. The van der Waals surface area contributed by atoms with E-state index in [4.69, 9.17) is 0 Å². The van der Waals surface area contributed by atoms with Crippen molar-refractivity contribution in [2.24, 2.45) is 0 Å². The van der Waals surface area contributed by atoms with Crippen molar-refractivity contribution in [2.75, 3.05) is 5.43 Å². The second-order valence-electron chi connectivity index (χ2n) is 3.74. The number of hydrogen-bond acceptors (Lipinski definition) is 3. The molecule has 3 N–H and O–H groups in total. The first-order chi connectivity index (χ1) is 8.66. The van der Waals surface area contributed by atoms with E-state index in [2.05, 4.69) is 42.7 Å².